The summed E-state index contributed by atoms with van der Waals surface area (Å²) < 4.78 is 5.45. The van der Waals surface area contributed by atoms with Crippen LogP contribution < -0.4 is 10.1 Å². The van der Waals surface area contributed by atoms with Gasteiger partial charge in [-0.3, -0.25) is 4.79 Å². The van der Waals surface area contributed by atoms with E-state index in [1.807, 2.05) is 0 Å². The lowest BCUT2D eigenvalue weighted by Crippen LogP contribution is -2.30. The Morgan fingerprint density at radius 2 is 2.21 bits per heavy atom. The number of carbonyl (C=O) groups is 1. The van der Waals surface area contributed by atoms with Crippen LogP contribution in [0, 0.1) is 0 Å². The summed E-state index contributed by atoms with van der Waals surface area (Å²) in [4.78, 5) is 11.4. The number of hydrogen-bond donors (Lipinski definition) is 2. The second-order valence-corrected chi connectivity index (χ2v) is 4.94. The molecule has 2 N–H and O–H groups in total. The molecule has 0 heterocycles. The van der Waals surface area contributed by atoms with Crippen molar-refractivity contribution in [3.8, 4) is 5.75 Å². The number of ether oxygens (including phenoxy) is 1. The molecule has 0 saturated carbocycles. The summed E-state index contributed by atoms with van der Waals surface area (Å²) >= 11 is 11.8. The minimum atomic E-state index is -0.537. The first-order valence-electron chi connectivity index (χ1n) is 6.02. The van der Waals surface area contributed by atoms with Crippen LogP contribution in [-0.4, -0.2) is 30.3 Å². The van der Waals surface area contributed by atoms with Gasteiger partial charge in [-0.05, 0) is 25.5 Å². The molecule has 0 spiro atoms. The predicted molar refractivity (Wildman–Crippen MR) is 75.9 cm³/mol. The molecular weight excluding hydrogens is 289 g/mol. The summed E-state index contributed by atoms with van der Waals surface area (Å²) in [6.45, 7) is 2.26. The van der Waals surface area contributed by atoms with Crippen molar-refractivity contribution in [1.29, 1.82) is 0 Å². The maximum Gasteiger partial charge on any atom is 0.220 e. The summed E-state index contributed by atoms with van der Waals surface area (Å²) in [6, 6.07) is 5.15. The molecule has 19 heavy (non-hydrogen) atoms. The first-order chi connectivity index (χ1) is 9.00. The largest absolute Gasteiger partial charge is 0.492 e. The van der Waals surface area contributed by atoms with Crippen molar-refractivity contribution in [2.75, 3.05) is 13.2 Å². The van der Waals surface area contributed by atoms with Crippen molar-refractivity contribution < 1.29 is 14.6 Å². The number of hydrogen-bond acceptors (Lipinski definition) is 3. The van der Waals surface area contributed by atoms with Crippen LogP contribution in [0.25, 0.3) is 0 Å². The maximum atomic E-state index is 11.4. The van der Waals surface area contributed by atoms with Crippen LogP contribution >= 0.6 is 23.2 Å². The Hall–Kier alpha value is -0.970. The monoisotopic (exact) mass is 305 g/mol. The van der Waals surface area contributed by atoms with E-state index in [-0.39, 0.29) is 12.5 Å². The molecule has 1 aromatic carbocycles. The van der Waals surface area contributed by atoms with Crippen molar-refractivity contribution in [2.45, 2.75) is 25.9 Å². The maximum absolute atomic E-state index is 11.4. The van der Waals surface area contributed by atoms with Gasteiger partial charge in [-0.25, -0.2) is 0 Å². The lowest BCUT2D eigenvalue weighted by atomic mass is 10.3. The Morgan fingerprint density at radius 1 is 1.47 bits per heavy atom. The number of aliphatic hydroxyl groups is 1. The summed E-state index contributed by atoms with van der Waals surface area (Å²) in [6.07, 6.45) is 0.366. The summed E-state index contributed by atoms with van der Waals surface area (Å²) in [5.41, 5.74) is 0. The van der Waals surface area contributed by atoms with Crippen molar-refractivity contribution in [3.05, 3.63) is 28.2 Å². The van der Waals surface area contributed by atoms with Gasteiger partial charge < -0.3 is 15.2 Å². The molecule has 6 heteroatoms. The third kappa shape index (κ3) is 6.14. The smallest absolute Gasteiger partial charge is 0.220 e. The first-order valence-corrected chi connectivity index (χ1v) is 6.78. The Kier molecular flexibility index (Phi) is 6.99. The van der Waals surface area contributed by atoms with Gasteiger partial charge in [0.2, 0.25) is 5.91 Å². The van der Waals surface area contributed by atoms with E-state index in [0.29, 0.717) is 35.2 Å². The molecule has 1 rings (SSSR count). The van der Waals surface area contributed by atoms with E-state index in [2.05, 4.69) is 5.32 Å². The second-order valence-electron chi connectivity index (χ2n) is 4.16. The van der Waals surface area contributed by atoms with Crippen molar-refractivity contribution in [3.63, 3.8) is 0 Å². The molecule has 1 unspecified atom stereocenters. The number of carbonyl (C=O) groups excluding carboxylic acids is 1. The summed E-state index contributed by atoms with van der Waals surface area (Å²) in [7, 11) is 0. The lowest BCUT2D eigenvalue weighted by Gasteiger charge is -2.09. The predicted octanol–water partition coefficient (Wildman–Crippen LogP) is 2.65. The van der Waals surface area contributed by atoms with Crippen LogP contribution in [0.15, 0.2) is 18.2 Å². The number of aliphatic hydroxyl groups excluding tert-OH is 1. The van der Waals surface area contributed by atoms with E-state index < -0.39 is 6.10 Å². The third-order valence-electron chi connectivity index (χ3n) is 2.32. The fourth-order valence-corrected chi connectivity index (χ4v) is 1.71. The Morgan fingerprint density at radius 3 is 2.89 bits per heavy atom. The topological polar surface area (TPSA) is 58.6 Å². The molecule has 0 aromatic heterocycles. The quantitative estimate of drug-likeness (QED) is 0.761. The fraction of sp³-hybridized carbons (Fsp3) is 0.462. The van der Waals surface area contributed by atoms with E-state index in [0.717, 1.165) is 0 Å². The van der Waals surface area contributed by atoms with Gasteiger partial charge in [0, 0.05) is 13.0 Å². The Bertz CT molecular complexity index is 424. The van der Waals surface area contributed by atoms with Gasteiger partial charge >= 0.3 is 0 Å². The molecule has 0 aliphatic rings. The van der Waals surface area contributed by atoms with E-state index >= 15 is 0 Å². The summed E-state index contributed by atoms with van der Waals surface area (Å²) in [5.74, 6) is 0.403. The normalized spacial score (nSPS) is 12.0. The zero-order valence-corrected chi connectivity index (χ0v) is 12.2. The van der Waals surface area contributed by atoms with Crippen molar-refractivity contribution in [1.82, 2.24) is 5.32 Å². The van der Waals surface area contributed by atoms with E-state index in [1.54, 1.807) is 25.1 Å². The fourth-order valence-electron chi connectivity index (χ4n) is 1.36. The van der Waals surface area contributed by atoms with Gasteiger partial charge in [-0.15, -0.1) is 0 Å². The van der Waals surface area contributed by atoms with Crippen LogP contribution in [0.3, 0.4) is 0 Å². The van der Waals surface area contributed by atoms with Crippen LogP contribution in [0.1, 0.15) is 19.8 Å². The molecular formula is C13H17Cl2NO3. The molecule has 0 saturated heterocycles. The number of amides is 1. The van der Waals surface area contributed by atoms with Gasteiger partial charge in [0.1, 0.15) is 10.8 Å². The molecule has 4 nitrogen and oxygen atoms in total. The highest BCUT2D eigenvalue weighted by Gasteiger charge is 2.06. The minimum absolute atomic E-state index is 0.110. The van der Waals surface area contributed by atoms with Crippen LogP contribution in [0.2, 0.25) is 10.0 Å². The second kappa shape index (κ2) is 8.25. The molecule has 106 valence electrons. The van der Waals surface area contributed by atoms with Crippen LogP contribution in [0.4, 0.5) is 0 Å². The molecule has 0 bridgehead atoms. The number of benzene rings is 1. The average molecular weight is 306 g/mol. The molecule has 0 fully saturated rings. The lowest BCUT2D eigenvalue weighted by molar-refractivity contribution is -0.121. The zero-order chi connectivity index (χ0) is 14.3. The van der Waals surface area contributed by atoms with Gasteiger partial charge in [-0.1, -0.05) is 29.3 Å². The highest BCUT2D eigenvalue weighted by Crippen LogP contribution is 2.31. The average Bonchev–Trinajstić information content (AvgIpc) is 2.37. The van der Waals surface area contributed by atoms with Crippen LogP contribution in [0.5, 0.6) is 5.75 Å². The minimum Gasteiger partial charge on any atom is -0.492 e. The van der Waals surface area contributed by atoms with E-state index in [1.165, 1.54) is 0 Å². The summed E-state index contributed by atoms with van der Waals surface area (Å²) in [5, 5.41) is 12.4. The highest BCUT2D eigenvalue weighted by molar-refractivity contribution is 6.42. The SMILES string of the molecule is CC(O)CNC(=O)CCCOc1cccc(Cl)c1Cl. The van der Waals surface area contributed by atoms with Gasteiger partial charge in [0.15, 0.2) is 0 Å². The van der Waals surface area contributed by atoms with Gasteiger partial charge in [-0.2, -0.15) is 0 Å². The van der Waals surface area contributed by atoms with Crippen molar-refractivity contribution in [2.24, 2.45) is 0 Å². The van der Waals surface area contributed by atoms with Gasteiger partial charge in [0.05, 0.1) is 17.7 Å². The Labute approximate surface area is 122 Å². The number of nitrogens with one attached hydrogen (secondary N) is 1. The number of rotatable bonds is 7. The zero-order valence-electron chi connectivity index (χ0n) is 10.7. The highest BCUT2D eigenvalue weighted by atomic mass is 35.5. The molecule has 0 aliphatic heterocycles. The molecule has 1 atom stereocenters. The third-order valence-corrected chi connectivity index (χ3v) is 3.12. The van der Waals surface area contributed by atoms with Crippen LogP contribution in [-0.2, 0) is 4.79 Å². The Balaban J connectivity index is 2.24. The molecule has 1 aromatic rings. The first kappa shape index (κ1) is 16.1. The molecule has 0 radical (unpaired) electrons. The molecule has 0 aliphatic carbocycles. The van der Waals surface area contributed by atoms with Gasteiger partial charge in [0.25, 0.3) is 0 Å². The molecule has 1 amide bonds. The number of halogens is 2. The van der Waals surface area contributed by atoms with E-state index in [4.69, 9.17) is 33.0 Å². The standard InChI is InChI=1S/C13H17Cl2NO3/c1-9(17)8-16-12(18)6-3-7-19-11-5-2-4-10(14)13(11)15/h2,4-5,9,17H,3,6-8H2,1H3,(H,16,18). The van der Waals surface area contributed by atoms with Crippen molar-refractivity contribution >= 4 is 29.1 Å². The van der Waals surface area contributed by atoms with E-state index in [9.17, 15) is 4.79 Å².